The first-order chi connectivity index (χ1) is 9.27. The van der Waals surface area contributed by atoms with Gasteiger partial charge in [-0.05, 0) is 36.5 Å². The molecule has 1 saturated carbocycles. The molecule has 1 amide bonds. The largest absolute Gasteiger partial charge is 0.419 e. The minimum Gasteiger partial charge on any atom is -0.351 e. The molecule has 0 unspecified atom stereocenters. The highest BCUT2D eigenvalue weighted by molar-refractivity contribution is 9.09. The lowest BCUT2D eigenvalue weighted by atomic mass is 10.1. The number of carbonyl (C=O) groups is 1. The summed E-state index contributed by atoms with van der Waals surface area (Å²) in [6.07, 6.45) is -2.88. The molecule has 0 radical (unpaired) electrons. The van der Waals surface area contributed by atoms with Crippen molar-refractivity contribution in [1.29, 1.82) is 0 Å². The second kappa shape index (κ2) is 5.35. The fraction of sp³-hybridized carbons (Fsp3) is 0.462. The van der Waals surface area contributed by atoms with Crippen molar-refractivity contribution in [1.82, 2.24) is 5.32 Å². The Kier molecular flexibility index (Phi) is 4.09. The van der Waals surface area contributed by atoms with E-state index in [1.165, 1.54) is 0 Å². The molecule has 2 nitrogen and oxygen atoms in total. The van der Waals surface area contributed by atoms with Crippen LogP contribution in [0.15, 0.2) is 18.2 Å². The lowest BCUT2D eigenvalue weighted by molar-refractivity contribution is -0.140. The second-order valence-electron chi connectivity index (χ2n) is 5.01. The number of alkyl halides is 4. The molecule has 1 N–H and O–H groups in total. The number of amides is 1. The van der Waals surface area contributed by atoms with Gasteiger partial charge in [0.25, 0.3) is 5.91 Å². The van der Waals surface area contributed by atoms with Crippen LogP contribution >= 0.6 is 15.9 Å². The first-order valence-corrected chi connectivity index (χ1v) is 7.10. The Bertz CT molecular complexity index is 526. The normalized spacial score (nSPS) is 16.9. The van der Waals surface area contributed by atoms with Gasteiger partial charge in [-0.2, -0.15) is 13.2 Å². The van der Waals surface area contributed by atoms with Gasteiger partial charge in [0, 0.05) is 17.4 Å². The molecule has 20 heavy (non-hydrogen) atoms. The Hall–Kier alpha value is -1.11. The predicted octanol–water partition coefficient (Wildman–Crippen LogP) is 3.75. The number of benzene rings is 1. The molecule has 1 fully saturated rings. The summed E-state index contributed by atoms with van der Waals surface area (Å²) in [5.41, 5.74) is -1.60. The SMILES string of the molecule is O=C(NCC1(CBr)CC1)c1ccc(F)c(C(F)(F)F)c1. The zero-order valence-electron chi connectivity index (χ0n) is 10.4. The first kappa shape index (κ1) is 15.3. The quantitative estimate of drug-likeness (QED) is 0.648. The van der Waals surface area contributed by atoms with Crippen LogP contribution in [0.4, 0.5) is 17.6 Å². The summed E-state index contributed by atoms with van der Waals surface area (Å²) in [6.45, 7) is 0.399. The van der Waals surface area contributed by atoms with E-state index in [4.69, 9.17) is 0 Å². The third kappa shape index (κ3) is 3.31. The van der Waals surface area contributed by atoms with Gasteiger partial charge in [0.05, 0.1) is 5.56 Å². The average Bonchev–Trinajstić information content (AvgIpc) is 3.16. The molecule has 0 saturated heterocycles. The molecule has 0 bridgehead atoms. The molecule has 1 aliphatic rings. The topological polar surface area (TPSA) is 29.1 Å². The maximum Gasteiger partial charge on any atom is 0.419 e. The van der Waals surface area contributed by atoms with Crippen molar-refractivity contribution in [2.45, 2.75) is 19.0 Å². The monoisotopic (exact) mass is 353 g/mol. The molecule has 0 aromatic heterocycles. The maximum absolute atomic E-state index is 13.1. The van der Waals surface area contributed by atoms with Gasteiger partial charge in [0.1, 0.15) is 5.82 Å². The lowest BCUT2D eigenvalue weighted by Gasteiger charge is -2.14. The Balaban J connectivity index is 2.10. The predicted molar refractivity (Wildman–Crippen MR) is 69.2 cm³/mol. The van der Waals surface area contributed by atoms with Gasteiger partial charge < -0.3 is 5.32 Å². The zero-order valence-corrected chi connectivity index (χ0v) is 11.9. The minimum absolute atomic E-state index is 0.0164. The van der Waals surface area contributed by atoms with Gasteiger partial charge in [0.15, 0.2) is 0 Å². The molecular formula is C13H12BrF4NO. The summed E-state index contributed by atoms with van der Waals surface area (Å²) in [5.74, 6) is -2.00. The molecule has 0 aliphatic heterocycles. The highest BCUT2D eigenvalue weighted by Crippen LogP contribution is 2.46. The molecule has 110 valence electrons. The Morgan fingerprint density at radius 2 is 2.00 bits per heavy atom. The van der Waals surface area contributed by atoms with Crippen LogP contribution in [0.3, 0.4) is 0 Å². The fourth-order valence-electron chi connectivity index (χ4n) is 1.79. The van der Waals surface area contributed by atoms with E-state index in [1.807, 2.05) is 0 Å². The van der Waals surface area contributed by atoms with Crippen molar-refractivity contribution in [3.05, 3.63) is 35.1 Å². The van der Waals surface area contributed by atoms with E-state index in [0.29, 0.717) is 18.7 Å². The van der Waals surface area contributed by atoms with Crippen molar-refractivity contribution < 1.29 is 22.4 Å². The molecular weight excluding hydrogens is 342 g/mol. The van der Waals surface area contributed by atoms with Crippen LogP contribution in [0, 0.1) is 11.2 Å². The van der Waals surface area contributed by atoms with Crippen LogP contribution in [-0.4, -0.2) is 17.8 Å². The number of nitrogens with one attached hydrogen (secondary N) is 1. The number of rotatable bonds is 4. The van der Waals surface area contributed by atoms with Gasteiger partial charge in [-0.1, -0.05) is 15.9 Å². The van der Waals surface area contributed by atoms with E-state index >= 15 is 0 Å². The van der Waals surface area contributed by atoms with Gasteiger partial charge in [-0.15, -0.1) is 0 Å². The zero-order chi connectivity index (χ0) is 15.0. The Labute approximate surface area is 121 Å². The summed E-state index contributed by atoms with van der Waals surface area (Å²) in [6, 6.07) is 2.25. The van der Waals surface area contributed by atoms with Crippen LogP contribution < -0.4 is 5.32 Å². The van der Waals surface area contributed by atoms with Gasteiger partial charge in [-0.25, -0.2) is 4.39 Å². The molecule has 1 aliphatic carbocycles. The van der Waals surface area contributed by atoms with Gasteiger partial charge in [-0.3, -0.25) is 4.79 Å². The van der Waals surface area contributed by atoms with Crippen LogP contribution in [0.2, 0.25) is 0 Å². The van der Waals surface area contributed by atoms with Crippen molar-refractivity contribution in [3.8, 4) is 0 Å². The summed E-state index contributed by atoms with van der Waals surface area (Å²) < 4.78 is 50.8. The van der Waals surface area contributed by atoms with Gasteiger partial charge in [0.2, 0.25) is 0 Å². The third-order valence-electron chi connectivity index (χ3n) is 3.40. The molecule has 7 heteroatoms. The van der Waals surface area contributed by atoms with Crippen LogP contribution in [0.1, 0.15) is 28.8 Å². The second-order valence-corrected chi connectivity index (χ2v) is 5.57. The Morgan fingerprint density at radius 1 is 1.35 bits per heavy atom. The molecule has 1 aromatic carbocycles. The van der Waals surface area contributed by atoms with Gasteiger partial charge >= 0.3 is 6.18 Å². The summed E-state index contributed by atoms with van der Waals surface area (Å²) in [7, 11) is 0. The minimum atomic E-state index is -4.81. The van der Waals surface area contributed by atoms with E-state index in [1.54, 1.807) is 0 Å². The van der Waals surface area contributed by atoms with Crippen molar-refractivity contribution in [2.24, 2.45) is 5.41 Å². The molecule has 0 heterocycles. The summed E-state index contributed by atoms with van der Waals surface area (Å²) >= 11 is 3.34. The lowest BCUT2D eigenvalue weighted by Crippen LogP contribution is -2.31. The molecule has 0 atom stereocenters. The summed E-state index contributed by atoms with van der Waals surface area (Å²) in [5, 5.41) is 3.33. The Morgan fingerprint density at radius 3 is 2.50 bits per heavy atom. The van der Waals surface area contributed by atoms with Crippen LogP contribution in [-0.2, 0) is 6.18 Å². The van der Waals surface area contributed by atoms with E-state index in [9.17, 15) is 22.4 Å². The highest BCUT2D eigenvalue weighted by atomic mass is 79.9. The van der Waals surface area contributed by atoms with Crippen LogP contribution in [0.5, 0.6) is 0 Å². The standard InChI is InChI=1S/C13H12BrF4NO/c14-6-12(3-4-12)7-19-11(20)8-1-2-10(15)9(5-8)13(16,17)18/h1-2,5H,3-4,6-7H2,(H,19,20). The van der Waals surface area contributed by atoms with Crippen LogP contribution in [0.25, 0.3) is 0 Å². The number of halogens is 5. The average molecular weight is 354 g/mol. The van der Waals surface area contributed by atoms with Crippen molar-refractivity contribution in [2.75, 3.05) is 11.9 Å². The molecule has 2 rings (SSSR count). The molecule has 0 spiro atoms. The fourth-order valence-corrected chi connectivity index (χ4v) is 2.55. The van der Waals surface area contributed by atoms with Crippen molar-refractivity contribution in [3.63, 3.8) is 0 Å². The maximum atomic E-state index is 13.1. The van der Waals surface area contributed by atoms with E-state index in [-0.39, 0.29) is 11.0 Å². The van der Waals surface area contributed by atoms with E-state index < -0.39 is 23.5 Å². The van der Waals surface area contributed by atoms with E-state index in [2.05, 4.69) is 21.2 Å². The van der Waals surface area contributed by atoms with E-state index in [0.717, 1.165) is 24.2 Å². The molecule has 1 aromatic rings. The highest BCUT2D eigenvalue weighted by Gasteiger charge is 2.41. The van der Waals surface area contributed by atoms with Crippen molar-refractivity contribution >= 4 is 21.8 Å². The third-order valence-corrected chi connectivity index (χ3v) is 4.59. The number of hydrogen-bond acceptors (Lipinski definition) is 1. The number of hydrogen-bond donors (Lipinski definition) is 1. The number of carbonyl (C=O) groups excluding carboxylic acids is 1. The first-order valence-electron chi connectivity index (χ1n) is 5.98. The smallest absolute Gasteiger partial charge is 0.351 e. The summed E-state index contributed by atoms with van der Waals surface area (Å²) in [4.78, 5) is 11.8.